The standard InChI is InChI=1S/C33H30F2N4O5/c34-15-32(31(36)41)17-43-29-24(32)14-26(39-28(29)18-3-7-22(35)8-4-18)33(42,21-5-6-21)16-38-30(40)20-12-19-2-1-11-37-27(19)25(13-20)44-23-9-10-23/h1-4,7-8,11-14,21,23,42H,5-6,9-10,15-17H2,(H2,36,41)(H,38,40)/t32-,33+/m0/s1. The van der Waals surface area contributed by atoms with Gasteiger partial charge in [-0.3, -0.25) is 14.6 Å². The van der Waals surface area contributed by atoms with E-state index in [1.807, 2.05) is 6.07 Å². The molecule has 0 spiro atoms. The molecule has 1 aliphatic heterocycles. The highest BCUT2D eigenvalue weighted by molar-refractivity contribution is 6.00. The first-order chi connectivity index (χ1) is 21.2. The average Bonchev–Trinajstić information content (AvgIpc) is 3.98. The van der Waals surface area contributed by atoms with Crippen LogP contribution in [0, 0.1) is 11.7 Å². The number of rotatable bonds is 10. The van der Waals surface area contributed by atoms with Crippen molar-refractivity contribution < 1.29 is 33.0 Å². The minimum absolute atomic E-state index is 0.0977. The number of ether oxygens (including phenoxy) is 2. The maximum Gasteiger partial charge on any atom is 0.251 e. The number of nitrogens with two attached hydrogens (primary N) is 1. The molecule has 44 heavy (non-hydrogen) atoms. The Bertz CT molecular complexity index is 1790. The number of alkyl halides is 1. The Morgan fingerprint density at radius 3 is 2.59 bits per heavy atom. The molecule has 11 heteroatoms. The molecular formula is C33H30F2N4O5. The third kappa shape index (κ3) is 4.81. The van der Waals surface area contributed by atoms with Crippen LogP contribution in [-0.2, 0) is 15.8 Å². The minimum atomic E-state index is -1.79. The molecular weight excluding hydrogens is 570 g/mol. The van der Waals surface area contributed by atoms with Crippen LogP contribution in [0.15, 0.2) is 60.8 Å². The summed E-state index contributed by atoms with van der Waals surface area (Å²) in [4.78, 5) is 35.3. The molecule has 2 atom stereocenters. The van der Waals surface area contributed by atoms with E-state index in [-0.39, 0.29) is 47.9 Å². The first-order valence-corrected chi connectivity index (χ1v) is 14.6. The van der Waals surface area contributed by atoms with Crippen LogP contribution in [0.2, 0.25) is 0 Å². The van der Waals surface area contributed by atoms with Crippen molar-refractivity contribution in [1.29, 1.82) is 0 Å². The smallest absolute Gasteiger partial charge is 0.251 e. The number of hydrogen-bond acceptors (Lipinski definition) is 7. The van der Waals surface area contributed by atoms with Gasteiger partial charge < -0.3 is 25.6 Å². The Morgan fingerprint density at radius 1 is 1.14 bits per heavy atom. The number of nitrogens with one attached hydrogen (secondary N) is 1. The molecule has 3 heterocycles. The number of hydrogen-bond donors (Lipinski definition) is 3. The number of amides is 2. The quantitative estimate of drug-likeness (QED) is 0.249. The molecule has 2 aromatic heterocycles. The second-order valence-corrected chi connectivity index (χ2v) is 11.9. The monoisotopic (exact) mass is 600 g/mol. The Kier molecular flexibility index (Phi) is 6.73. The maximum absolute atomic E-state index is 14.6. The predicted molar refractivity (Wildman–Crippen MR) is 156 cm³/mol. The van der Waals surface area contributed by atoms with Crippen LogP contribution in [0.3, 0.4) is 0 Å². The highest BCUT2D eigenvalue weighted by atomic mass is 19.1. The second kappa shape index (κ2) is 10.5. The molecule has 226 valence electrons. The Labute approximate surface area is 251 Å². The molecule has 2 amide bonds. The molecule has 0 radical (unpaired) electrons. The number of nitrogens with zero attached hydrogens (tertiary/aromatic N) is 2. The highest BCUT2D eigenvalue weighted by Gasteiger charge is 2.52. The zero-order chi connectivity index (χ0) is 30.6. The number of carbonyl (C=O) groups is 2. The van der Waals surface area contributed by atoms with Crippen molar-refractivity contribution in [3.05, 3.63) is 83.4 Å². The zero-order valence-electron chi connectivity index (χ0n) is 23.7. The van der Waals surface area contributed by atoms with E-state index in [2.05, 4.69) is 10.3 Å². The van der Waals surface area contributed by atoms with Crippen molar-refractivity contribution in [2.45, 2.75) is 42.8 Å². The van der Waals surface area contributed by atoms with Gasteiger partial charge in [-0.2, -0.15) is 0 Å². The number of benzene rings is 2. The molecule has 4 aromatic rings. The molecule has 3 aliphatic rings. The van der Waals surface area contributed by atoms with Crippen LogP contribution >= 0.6 is 0 Å². The Hall–Kier alpha value is -4.64. The van der Waals surface area contributed by atoms with Gasteiger partial charge in [0.1, 0.15) is 52.8 Å². The van der Waals surface area contributed by atoms with Gasteiger partial charge in [0.2, 0.25) is 5.91 Å². The molecule has 0 bridgehead atoms. The summed E-state index contributed by atoms with van der Waals surface area (Å²) in [6.45, 7) is -1.68. The van der Waals surface area contributed by atoms with Gasteiger partial charge >= 0.3 is 0 Å². The number of fused-ring (bicyclic) bond motifs is 2. The first-order valence-electron chi connectivity index (χ1n) is 14.6. The largest absolute Gasteiger partial charge is 0.489 e. The summed E-state index contributed by atoms with van der Waals surface area (Å²) >= 11 is 0. The Morgan fingerprint density at radius 2 is 1.91 bits per heavy atom. The predicted octanol–water partition coefficient (Wildman–Crippen LogP) is 4.09. The van der Waals surface area contributed by atoms with Crippen molar-refractivity contribution in [2.75, 3.05) is 19.8 Å². The maximum atomic E-state index is 14.6. The van der Waals surface area contributed by atoms with Crippen molar-refractivity contribution in [3.8, 4) is 22.8 Å². The lowest BCUT2D eigenvalue weighted by Crippen LogP contribution is -2.46. The Balaban J connectivity index is 1.26. The van der Waals surface area contributed by atoms with Crippen molar-refractivity contribution in [2.24, 2.45) is 11.7 Å². The molecule has 2 aliphatic carbocycles. The number of aliphatic hydroxyl groups is 1. The van der Waals surface area contributed by atoms with E-state index < -0.39 is 35.3 Å². The van der Waals surface area contributed by atoms with Crippen LogP contribution in [0.25, 0.3) is 22.2 Å². The van der Waals surface area contributed by atoms with Gasteiger partial charge in [0.05, 0.1) is 18.3 Å². The normalized spacial score (nSPS) is 20.4. The van der Waals surface area contributed by atoms with Crippen LogP contribution in [0.4, 0.5) is 8.78 Å². The zero-order valence-corrected chi connectivity index (χ0v) is 23.7. The van der Waals surface area contributed by atoms with Crippen LogP contribution < -0.4 is 20.5 Å². The third-order valence-electron chi connectivity index (χ3n) is 8.73. The molecule has 0 unspecified atom stereocenters. The molecule has 7 rings (SSSR count). The summed E-state index contributed by atoms with van der Waals surface area (Å²) < 4.78 is 40.2. The summed E-state index contributed by atoms with van der Waals surface area (Å²) in [5.74, 6) is -1.42. The topological polar surface area (TPSA) is 137 Å². The fourth-order valence-corrected chi connectivity index (χ4v) is 5.78. The van der Waals surface area contributed by atoms with E-state index in [4.69, 9.17) is 20.2 Å². The molecule has 0 saturated heterocycles. The third-order valence-corrected chi connectivity index (χ3v) is 8.73. The van der Waals surface area contributed by atoms with E-state index in [9.17, 15) is 23.5 Å². The number of primary amides is 1. The lowest BCUT2D eigenvalue weighted by atomic mass is 9.80. The summed E-state index contributed by atoms with van der Waals surface area (Å²) in [6.07, 6.45) is 4.98. The van der Waals surface area contributed by atoms with E-state index >= 15 is 0 Å². The van der Waals surface area contributed by atoms with Crippen molar-refractivity contribution >= 4 is 22.7 Å². The number of halogens is 2. The summed E-state index contributed by atoms with van der Waals surface area (Å²) in [6, 6.07) is 13.9. The fraction of sp³-hybridized carbons (Fsp3) is 0.333. The first kappa shape index (κ1) is 28.1. The molecule has 4 N–H and O–H groups in total. The van der Waals surface area contributed by atoms with Gasteiger partial charge in [0.25, 0.3) is 5.91 Å². The molecule has 2 saturated carbocycles. The van der Waals surface area contributed by atoms with E-state index in [1.54, 1.807) is 24.4 Å². The molecule has 2 fully saturated rings. The van der Waals surface area contributed by atoms with Gasteiger partial charge in [0, 0.05) is 28.3 Å². The molecule has 2 aromatic carbocycles. The summed E-state index contributed by atoms with van der Waals surface area (Å²) in [5.41, 5.74) is 4.17. The minimum Gasteiger partial charge on any atom is -0.489 e. The van der Waals surface area contributed by atoms with Gasteiger partial charge in [-0.05, 0) is 80.1 Å². The number of aromatic nitrogens is 2. The second-order valence-electron chi connectivity index (χ2n) is 11.9. The van der Waals surface area contributed by atoms with Crippen molar-refractivity contribution in [1.82, 2.24) is 15.3 Å². The van der Waals surface area contributed by atoms with Crippen LogP contribution in [0.5, 0.6) is 11.5 Å². The van der Waals surface area contributed by atoms with Crippen LogP contribution in [0.1, 0.15) is 47.3 Å². The van der Waals surface area contributed by atoms with Crippen LogP contribution in [-0.4, -0.2) is 52.8 Å². The lowest BCUT2D eigenvalue weighted by Gasteiger charge is -2.30. The van der Waals surface area contributed by atoms with Crippen molar-refractivity contribution in [3.63, 3.8) is 0 Å². The van der Waals surface area contributed by atoms with E-state index in [0.717, 1.165) is 18.2 Å². The number of pyridine rings is 2. The van der Waals surface area contributed by atoms with Gasteiger partial charge in [0.15, 0.2) is 0 Å². The highest BCUT2D eigenvalue weighted by Crippen LogP contribution is 2.50. The molecule has 9 nitrogen and oxygen atoms in total. The van der Waals surface area contributed by atoms with E-state index in [0.29, 0.717) is 35.2 Å². The summed E-state index contributed by atoms with van der Waals surface area (Å²) in [5, 5.41) is 15.8. The van der Waals surface area contributed by atoms with Gasteiger partial charge in [-0.15, -0.1) is 0 Å². The fourth-order valence-electron chi connectivity index (χ4n) is 5.78. The SMILES string of the molecule is NC(=O)[C@@]1(CF)COc2c1cc([C@@](O)(CNC(=O)c1cc(OC3CC3)c3ncccc3c1)C1CC1)nc2-c1ccc(F)cc1. The number of carbonyl (C=O) groups excluding carboxylic acids is 2. The van der Waals surface area contributed by atoms with Gasteiger partial charge in [-0.1, -0.05) is 6.07 Å². The summed E-state index contributed by atoms with van der Waals surface area (Å²) in [7, 11) is 0. The van der Waals surface area contributed by atoms with Gasteiger partial charge in [-0.25, -0.2) is 13.8 Å². The lowest BCUT2D eigenvalue weighted by molar-refractivity contribution is -0.124. The van der Waals surface area contributed by atoms with E-state index in [1.165, 1.54) is 30.3 Å². The average molecular weight is 601 g/mol.